The van der Waals surface area contributed by atoms with E-state index < -0.39 is 0 Å². The Morgan fingerprint density at radius 2 is 2.21 bits per heavy atom. The maximum Gasteiger partial charge on any atom is 0.266 e. The lowest BCUT2D eigenvalue weighted by Crippen LogP contribution is -2.07. The third-order valence-electron chi connectivity index (χ3n) is 1.78. The maximum absolute atomic E-state index is 11.0. The Hall–Kier alpha value is -2.11. The summed E-state index contributed by atoms with van der Waals surface area (Å²) in [6.07, 6.45) is 1.42. The van der Waals surface area contributed by atoms with Gasteiger partial charge in [0.1, 0.15) is 12.1 Å². The molecule has 0 amide bonds. The molecule has 0 bridgehead atoms. The highest BCUT2D eigenvalue weighted by Crippen LogP contribution is 2.06. The Kier molecular flexibility index (Phi) is 1.81. The molecule has 0 fully saturated rings. The van der Waals surface area contributed by atoms with E-state index in [4.69, 9.17) is 5.73 Å². The summed E-state index contributed by atoms with van der Waals surface area (Å²) < 4.78 is 1.41. The second-order valence-electron chi connectivity index (χ2n) is 2.90. The molecule has 0 aliphatic heterocycles. The smallest absolute Gasteiger partial charge is 0.266 e. The van der Waals surface area contributed by atoms with Crippen LogP contribution in [0.4, 0.5) is 5.82 Å². The summed E-state index contributed by atoms with van der Waals surface area (Å²) in [7, 11) is 0. The van der Waals surface area contributed by atoms with Crippen LogP contribution in [-0.2, 0) is 0 Å². The van der Waals surface area contributed by atoms with Crippen molar-refractivity contribution in [2.24, 2.45) is 0 Å². The molecule has 0 aliphatic rings. The van der Waals surface area contributed by atoms with Gasteiger partial charge in [0.05, 0.1) is 0 Å². The molecular formula is C8H9N5O. The van der Waals surface area contributed by atoms with Gasteiger partial charge in [-0.05, 0) is 6.92 Å². The standard InChI is InChI=1S/C8H9N5O/c1-5-2-7(11-4-10-5)13-6(9)3-8(14)12-13/h2-4H,9H2,1H3,(H,12,14). The van der Waals surface area contributed by atoms with Crippen molar-refractivity contribution >= 4 is 5.82 Å². The highest BCUT2D eigenvalue weighted by atomic mass is 16.1. The van der Waals surface area contributed by atoms with Crippen molar-refractivity contribution in [3.63, 3.8) is 0 Å². The largest absolute Gasteiger partial charge is 0.383 e. The minimum atomic E-state index is -0.251. The minimum absolute atomic E-state index is 0.251. The first-order chi connectivity index (χ1) is 6.66. The van der Waals surface area contributed by atoms with Crippen molar-refractivity contribution in [2.75, 3.05) is 5.73 Å². The summed E-state index contributed by atoms with van der Waals surface area (Å²) in [5.74, 6) is 0.880. The molecular weight excluding hydrogens is 182 g/mol. The summed E-state index contributed by atoms with van der Waals surface area (Å²) in [6, 6.07) is 3.03. The minimum Gasteiger partial charge on any atom is -0.383 e. The van der Waals surface area contributed by atoms with Crippen LogP contribution in [0.3, 0.4) is 0 Å². The lowest BCUT2D eigenvalue weighted by atomic mass is 10.4. The van der Waals surface area contributed by atoms with Crippen LogP contribution in [0.5, 0.6) is 0 Å². The fourth-order valence-corrected chi connectivity index (χ4v) is 1.16. The molecule has 2 aromatic rings. The Labute approximate surface area is 79.4 Å². The Bertz CT molecular complexity index is 512. The van der Waals surface area contributed by atoms with E-state index in [-0.39, 0.29) is 5.56 Å². The number of rotatable bonds is 1. The van der Waals surface area contributed by atoms with Crippen LogP contribution >= 0.6 is 0 Å². The van der Waals surface area contributed by atoms with E-state index in [2.05, 4.69) is 15.1 Å². The monoisotopic (exact) mass is 191 g/mol. The zero-order valence-corrected chi connectivity index (χ0v) is 7.56. The summed E-state index contributed by atoms with van der Waals surface area (Å²) in [5, 5.41) is 2.53. The van der Waals surface area contributed by atoms with E-state index in [9.17, 15) is 4.79 Å². The van der Waals surface area contributed by atoms with Crippen molar-refractivity contribution in [1.29, 1.82) is 0 Å². The van der Waals surface area contributed by atoms with E-state index in [1.807, 2.05) is 6.92 Å². The number of aromatic amines is 1. The van der Waals surface area contributed by atoms with Crippen LogP contribution in [0, 0.1) is 6.92 Å². The van der Waals surface area contributed by atoms with Crippen molar-refractivity contribution in [2.45, 2.75) is 6.92 Å². The molecule has 2 aromatic heterocycles. The fraction of sp³-hybridized carbons (Fsp3) is 0.125. The highest BCUT2D eigenvalue weighted by Gasteiger charge is 2.03. The van der Waals surface area contributed by atoms with Crippen LogP contribution in [0.1, 0.15) is 5.69 Å². The molecule has 72 valence electrons. The topological polar surface area (TPSA) is 89.6 Å². The van der Waals surface area contributed by atoms with Gasteiger partial charge in [-0.1, -0.05) is 0 Å². The number of nitrogens with one attached hydrogen (secondary N) is 1. The van der Waals surface area contributed by atoms with Gasteiger partial charge < -0.3 is 5.73 Å². The predicted octanol–water partition coefficient (Wildman–Crippen LogP) is -0.154. The van der Waals surface area contributed by atoms with Crippen molar-refractivity contribution in [1.82, 2.24) is 19.7 Å². The zero-order valence-electron chi connectivity index (χ0n) is 7.56. The number of nitrogens with zero attached hydrogens (tertiary/aromatic N) is 3. The fourth-order valence-electron chi connectivity index (χ4n) is 1.16. The Morgan fingerprint density at radius 3 is 2.79 bits per heavy atom. The van der Waals surface area contributed by atoms with Crippen LogP contribution in [0.15, 0.2) is 23.3 Å². The highest BCUT2D eigenvalue weighted by molar-refractivity contribution is 5.36. The van der Waals surface area contributed by atoms with E-state index in [1.54, 1.807) is 6.07 Å². The molecule has 2 rings (SSSR count). The number of anilines is 1. The van der Waals surface area contributed by atoms with Gasteiger partial charge in [0.25, 0.3) is 5.56 Å². The molecule has 2 heterocycles. The van der Waals surface area contributed by atoms with Gasteiger partial charge in [0.2, 0.25) is 0 Å². The van der Waals surface area contributed by atoms with E-state index in [0.717, 1.165) is 5.69 Å². The van der Waals surface area contributed by atoms with E-state index in [0.29, 0.717) is 11.6 Å². The lowest BCUT2D eigenvalue weighted by molar-refractivity contribution is 0.831. The first-order valence-corrected chi connectivity index (χ1v) is 4.03. The van der Waals surface area contributed by atoms with Gasteiger partial charge in [0.15, 0.2) is 5.82 Å². The number of nitrogens with two attached hydrogens (primary N) is 1. The molecule has 14 heavy (non-hydrogen) atoms. The molecule has 0 saturated carbocycles. The summed E-state index contributed by atoms with van der Waals surface area (Å²) in [6.45, 7) is 1.84. The predicted molar refractivity (Wildman–Crippen MR) is 51.1 cm³/mol. The van der Waals surface area contributed by atoms with Crippen LogP contribution in [0.2, 0.25) is 0 Å². The summed E-state index contributed by atoms with van der Waals surface area (Å²) >= 11 is 0. The first kappa shape index (κ1) is 8.49. The molecule has 0 aliphatic carbocycles. The van der Waals surface area contributed by atoms with Gasteiger partial charge in [-0.3, -0.25) is 9.89 Å². The lowest BCUT2D eigenvalue weighted by Gasteiger charge is -2.03. The van der Waals surface area contributed by atoms with Crippen LogP contribution in [-0.4, -0.2) is 19.7 Å². The zero-order chi connectivity index (χ0) is 10.1. The number of hydrogen-bond donors (Lipinski definition) is 2. The van der Waals surface area contributed by atoms with Crippen molar-refractivity contribution in [3.8, 4) is 5.82 Å². The number of H-pyrrole nitrogens is 1. The third kappa shape index (κ3) is 1.37. The number of aromatic nitrogens is 4. The molecule has 0 saturated heterocycles. The molecule has 3 N–H and O–H groups in total. The normalized spacial score (nSPS) is 10.4. The van der Waals surface area contributed by atoms with Gasteiger partial charge in [-0.2, -0.15) is 0 Å². The molecule has 0 unspecified atom stereocenters. The van der Waals surface area contributed by atoms with Crippen molar-refractivity contribution in [3.05, 3.63) is 34.5 Å². The number of hydrogen-bond acceptors (Lipinski definition) is 4. The summed E-state index contributed by atoms with van der Waals surface area (Å²) in [5.41, 5.74) is 6.15. The second kappa shape index (κ2) is 2.99. The molecule has 0 aromatic carbocycles. The average molecular weight is 191 g/mol. The summed E-state index contributed by atoms with van der Waals surface area (Å²) in [4.78, 5) is 18.9. The third-order valence-corrected chi connectivity index (χ3v) is 1.78. The van der Waals surface area contributed by atoms with Crippen LogP contribution < -0.4 is 11.3 Å². The first-order valence-electron chi connectivity index (χ1n) is 4.03. The van der Waals surface area contributed by atoms with E-state index in [1.165, 1.54) is 17.1 Å². The maximum atomic E-state index is 11.0. The molecule has 6 heteroatoms. The SMILES string of the molecule is Cc1cc(-n2[nH]c(=O)cc2N)ncn1. The molecule has 0 atom stereocenters. The van der Waals surface area contributed by atoms with Gasteiger partial charge in [-0.25, -0.2) is 14.6 Å². The number of nitrogen functional groups attached to an aromatic ring is 1. The number of aryl methyl sites for hydroxylation is 1. The molecule has 6 nitrogen and oxygen atoms in total. The van der Waals surface area contributed by atoms with Gasteiger partial charge in [0, 0.05) is 17.8 Å². The quantitative estimate of drug-likeness (QED) is 0.655. The van der Waals surface area contributed by atoms with Gasteiger partial charge >= 0.3 is 0 Å². The molecule has 0 spiro atoms. The average Bonchev–Trinajstić information content (AvgIpc) is 2.45. The Balaban J connectivity index is 2.59. The van der Waals surface area contributed by atoms with Crippen LogP contribution in [0.25, 0.3) is 5.82 Å². The molecule has 0 radical (unpaired) electrons. The van der Waals surface area contributed by atoms with Crippen molar-refractivity contribution < 1.29 is 0 Å². The Morgan fingerprint density at radius 1 is 1.43 bits per heavy atom. The second-order valence-corrected chi connectivity index (χ2v) is 2.90. The van der Waals surface area contributed by atoms with E-state index >= 15 is 0 Å². The van der Waals surface area contributed by atoms with Gasteiger partial charge in [-0.15, -0.1) is 0 Å².